The van der Waals surface area contributed by atoms with Gasteiger partial charge in [-0.3, -0.25) is 4.79 Å². The first-order valence-corrected chi connectivity index (χ1v) is 5.76. The lowest BCUT2D eigenvalue weighted by atomic mass is 10.3. The Morgan fingerprint density at radius 3 is 3.13 bits per heavy atom. The van der Waals surface area contributed by atoms with Crippen LogP contribution in [-0.4, -0.2) is 15.3 Å². The minimum absolute atomic E-state index is 0.228. The molecule has 0 fully saturated rings. The number of carbonyl (C=O) groups is 1. The Bertz CT molecular complexity index is 445. The average Bonchev–Trinajstić information content (AvgIpc) is 2.86. The van der Waals surface area contributed by atoms with Gasteiger partial charge in [0.25, 0.3) is 0 Å². The molecule has 0 aromatic carbocycles. The summed E-state index contributed by atoms with van der Waals surface area (Å²) >= 11 is 1.63. The zero-order chi connectivity index (χ0) is 10.7. The summed E-state index contributed by atoms with van der Waals surface area (Å²) in [6.07, 6.45) is 4.16. The second-order valence-electron chi connectivity index (χ2n) is 3.25. The summed E-state index contributed by atoms with van der Waals surface area (Å²) in [5, 5.41) is 2.01. The predicted molar refractivity (Wildman–Crippen MR) is 60.8 cm³/mol. The SMILES string of the molecule is CCC(=O)Cn1ccnc1-c1cccs1. The third-order valence-corrected chi connectivity index (χ3v) is 3.06. The van der Waals surface area contributed by atoms with Crippen LogP contribution in [0, 0.1) is 0 Å². The van der Waals surface area contributed by atoms with E-state index in [9.17, 15) is 4.79 Å². The smallest absolute Gasteiger partial charge is 0.152 e. The van der Waals surface area contributed by atoms with Gasteiger partial charge in [0.2, 0.25) is 0 Å². The lowest BCUT2D eigenvalue weighted by Gasteiger charge is -2.03. The minimum Gasteiger partial charge on any atom is -0.323 e. The summed E-state index contributed by atoms with van der Waals surface area (Å²) in [5.74, 6) is 1.11. The molecule has 0 N–H and O–H groups in total. The molecule has 0 saturated carbocycles. The molecule has 0 unspecified atom stereocenters. The van der Waals surface area contributed by atoms with E-state index in [-0.39, 0.29) is 5.78 Å². The fourth-order valence-corrected chi connectivity index (χ4v) is 2.11. The van der Waals surface area contributed by atoms with Gasteiger partial charge in [-0.2, -0.15) is 0 Å². The van der Waals surface area contributed by atoms with Gasteiger partial charge in [0.05, 0.1) is 11.4 Å². The van der Waals surface area contributed by atoms with Crippen LogP contribution in [-0.2, 0) is 11.3 Å². The van der Waals surface area contributed by atoms with Crippen LogP contribution in [0.1, 0.15) is 13.3 Å². The van der Waals surface area contributed by atoms with Gasteiger partial charge >= 0.3 is 0 Å². The molecule has 2 rings (SSSR count). The first-order chi connectivity index (χ1) is 7.31. The van der Waals surface area contributed by atoms with E-state index in [1.54, 1.807) is 17.5 Å². The van der Waals surface area contributed by atoms with E-state index in [1.165, 1.54) is 0 Å². The topological polar surface area (TPSA) is 34.9 Å². The van der Waals surface area contributed by atoms with Gasteiger partial charge in [-0.15, -0.1) is 11.3 Å². The highest BCUT2D eigenvalue weighted by atomic mass is 32.1. The van der Waals surface area contributed by atoms with Gasteiger partial charge in [-0.25, -0.2) is 4.98 Å². The molecule has 0 aliphatic carbocycles. The van der Waals surface area contributed by atoms with Crippen LogP contribution in [0.4, 0.5) is 0 Å². The Labute approximate surface area is 92.4 Å². The summed E-state index contributed by atoms with van der Waals surface area (Å²) in [6.45, 7) is 2.30. The summed E-state index contributed by atoms with van der Waals surface area (Å²) in [4.78, 5) is 16.7. The highest BCUT2D eigenvalue weighted by Crippen LogP contribution is 2.22. The third-order valence-electron chi connectivity index (χ3n) is 2.20. The van der Waals surface area contributed by atoms with Gasteiger partial charge in [0.1, 0.15) is 5.82 Å². The van der Waals surface area contributed by atoms with Crippen LogP contribution in [0.2, 0.25) is 0 Å². The van der Waals surface area contributed by atoms with Crippen LogP contribution in [0.3, 0.4) is 0 Å². The molecule has 0 aliphatic rings. The zero-order valence-corrected chi connectivity index (χ0v) is 9.33. The van der Waals surface area contributed by atoms with Crippen molar-refractivity contribution in [2.24, 2.45) is 0 Å². The van der Waals surface area contributed by atoms with E-state index >= 15 is 0 Å². The second-order valence-corrected chi connectivity index (χ2v) is 4.20. The summed E-state index contributed by atoms with van der Waals surface area (Å²) in [6, 6.07) is 4.00. The van der Waals surface area contributed by atoms with E-state index in [1.807, 2.05) is 35.2 Å². The van der Waals surface area contributed by atoms with Crippen LogP contribution in [0.25, 0.3) is 10.7 Å². The van der Waals surface area contributed by atoms with Crippen molar-refractivity contribution in [2.45, 2.75) is 19.9 Å². The molecular formula is C11H12N2OS. The number of thiophene rings is 1. The molecule has 0 aliphatic heterocycles. The highest BCUT2D eigenvalue weighted by molar-refractivity contribution is 7.13. The summed E-state index contributed by atoms with van der Waals surface area (Å²) in [5.41, 5.74) is 0. The first-order valence-electron chi connectivity index (χ1n) is 4.88. The molecule has 15 heavy (non-hydrogen) atoms. The maximum Gasteiger partial charge on any atom is 0.152 e. The first kappa shape index (κ1) is 10.1. The highest BCUT2D eigenvalue weighted by Gasteiger charge is 2.08. The fraction of sp³-hybridized carbons (Fsp3) is 0.273. The fourth-order valence-electron chi connectivity index (χ4n) is 1.37. The predicted octanol–water partition coefficient (Wildman–Crippen LogP) is 2.59. The Balaban J connectivity index is 2.27. The van der Waals surface area contributed by atoms with Crippen molar-refractivity contribution in [3.8, 4) is 10.7 Å². The molecule has 2 aromatic rings. The lowest BCUT2D eigenvalue weighted by Crippen LogP contribution is -2.08. The molecule has 78 valence electrons. The number of carbonyl (C=O) groups excluding carboxylic acids is 1. The van der Waals surface area contributed by atoms with Gasteiger partial charge in [0.15, 0.2) is 5.78 Å². The third kappa shape index (κ3) is 2.15. The number of ketones is 1. The van der Waals surface area contributed by atoms with E-state index < -0.39 is 0 Å². The summed E-state index contributed by atoms with van der Waals surface area (Å²) < 4.78 is 1.90. The van der Waals surface area contributed by atoms with Gasteiger partial charge in [-0.1, -0.05) is 13.0 Å². The van der Waals surface area contributed by atoms with Gasteiger partial charge < -0.3 is 4.57 Å². The van der Waals surface area contributed by atoms with Crippen molar-refractivity contribution in [1.82, 2.24) is 9.55 Å². The monoisotopic (exact) mass is 220 g/mol. The number of nitrogens with zero attached hydrogens (tertiary/aromatic N) is 2. The van der Waals surface area contributed by atoms with E-state index in [2.05, 4.69) is 4.98 Å². The number of rotatable bonds is 4. The van der Waals surface area contributed by atoms with E-state index in [0.717, 1.165) is 10.7 Å². The van der Waals surface area contributed by atoms with Crippen LogP contribution in [0.15, 0.2) is 29.9 Å². The average molecular weight is 220 g/mol. The lowest BCUT2D eigenvalue weighted by molar-refractivity contribution is -0.119. The molecule has 0 amide bonds. The van der Waals surface area contributed by atoms with Gasteiger partial charge in [0, 0.05) is 18.8 Å². The number of Topliss-reactive ketones (excluding diaryl/α,β-unsaturated/α-hetero) is 1. The van der Waals surface area contributed by atoms with E-state index in [4.69, 9.17) is 0 Å². The summed E-state index contributed by atoms with van der Waals surface area (Å²) in [7, 11) is 0. The largest absolute Gasteiger partial charge is 0.323 e. The van der Waals surface area contributed by atoms with Gasteiger partial charge in [-0.05, 0) is 11.4 Å². The van der Waals surface area contributed by atoms with E-state index in [0.29, 0.717) is 13.0 Å². The van der Waals surface area contributed by atoms with Crippen molar-refractivity contribution >= 4 is 17.1 Å². The molecule has 0 atom stereocenters. The molecule has 2 heterocycles. The van der Waals surface area contributed by atoms with Crippen LogP contribution < -0.4 is 0 Å². The van der Waals surface area contributed by atoms with Crippen molar-refractivity contribution in [1.29, 1.82) is 0 Å². The molecule has 0 saturated heterocycles. The second kappa shape index (κ2) is 4.40. The Morgan fingerprint density at radius 2 is 2.47 bits per heavy atom. The maximum atomic E-state index is 11.4. The number of hydrogen-bond donors (Lipinski definition) is 0. The van der Waals surface area contributed by atoms with Crippen molar-refractivity contribution in [3.63, 3.8) is 0 Å². The molecule has 0 radical (unpaired) electrons. The Kier molecular flexibility index (Phi) is 2.97. The Morgan fingerprint density at radius 1 is 1.60 bits per heavy atom. The van der Waals surface area contributed by atoms with Crippen LogP contribution in [0.5, 0.6) is 0 Å². The molecular weight excluding hydrogens is 208 g/mol. The molecule has 2 aromatic heterocycles. The standard InChI is InChI=1S/C11H12N2OS/c1-2-9(14)8-13-6-5-12-11(13)10-4-3-7-15-10/h3-7H,2,8H2,1H3. The number of hydrogen-bond acceptors (Lipinski definition) is 3. The molecule has 0 spiro atoms. The Hall–Kier alpha value is -1.42. The molecule has 4 heteroatoms. The number of aromatic nitrogens is 2. The van der Waals surface area contributed by atoms with Crippen molar-refractivity contribution in [2.75, 3.05) is 0 Å². The molecule has 0 bridgehead atoms. The normalized spacial score (nSPS) is 10.5. The zero-order valence-electron chi connectivity index (χ0n) is 8.51. The maximum absolute atomic E-state index is 11.4. The molecule has 3 nitrogen and oxygen atoms in total. The quantitative estimate of drug-likeness (QED) is 0.793. The number of imidazole rings is 1. The van der Waals surface area contributed by atoms with Crippen molar-refractivity contribution < 1.29 is 4.79 Å². The van der Waals surface area contributed by atoms with Crippen LogP contribution >= 0.6 is 11.3 Å². The van der Waals surface area contributed by atoms with Crippen molar-refractivity contribution in [3.05, 3.63) is 29.9 Å². The minimum atomic E-state index is 0.228.